The summed E-state index contributed by atoms with van der Waals surface area (Å²) in [5.41, 5.74) is 5.14. The molecule has 2 aromatic carbocycles. The average Bonchev–Trinajstić information content (AvgIpc) is 3.02. The van der Waals surface area contributed by atoms with Crippen LogP contribution >= 0.6 is 11.7 Å². The van der Waals surface area contributed by atoms with Gasteiger partial charge in [0.2, 0.25) is 0 Å². The summed E-state index contributed by atoms with van der Waals surface area (Å²) in [6, 6.07) is 12.7. The molecule has 2 N–H and O–H groups in total. The molecule has 0 aliphatic heterocycles. The largest absolute Gasteiger partial charge is 0.478 e. The molecule has 0 spiro atoms. The maximum atomic E-state index is 10.8. The van der Waals surface area contributed by atoms with Crippen molar-refractivity contribution in [3.8, 4) is 0 Å². The zero-order chi connectivity index (χ0) is 16.2. The Balaban J connectivity index is 1.70. The van der Waals surface area contributed by atoms with Crippen molar-refractivity contribution in [3.63, 3.8) is 0 Å². The Morgan fingerprint density at radius 2 is 2.00 bits per heavy atom. The third-order valence-corrected chi connectivity index (χ3v) is 3.96. The molecule has 0 saturated heterocycles. The molecule has 0 fully saturated rings. The zero-order valence-electron chi connectivity index (χ0n) is 12.5. The van der Waals surface area contributed by atoms with E-state index in [-0.39, 0.29) is 0 Å². The number of nitrogens with zero attached hydrogens (tertiary/aromatic N) is 2. The lowest BCUT2D eigenvalue weighted by atomic mass is 10.1. The number of aromatic nitrogens is 2. The molecule has 0 unspecified atom stereocenters. The van der Waals surface area contributed by atoms with Crippen LogP contribution in [0, 0.1) is 0 Å². The van der Waals surface area contributed by atoms with E-state index in [0.717, 1.165) is 27.9 Å². The fourth-order valence-electron chi connectivity index (χ4n) is 2.24. The molecule has 0 aliphatic rings. The maximum absolute atomic E-state index is 10.8. The first-order chi connectivity index (χ1) is 11.1. The number of fused-ring (bicyclic) bond motifs is 1. The van der Waals surface area contributed by atoms with Crippen molar-refractivity contribution in [2.24, 2.45) is 0 Å². The first kappa shape index (κ1) is 15.2. The molecule has 3 rings (SSSR count). The van der Waals surface area contributed by atoms with Crippen LogP contribution in [-0.2, 0) is 0 Å². The van der Waals surface area contributed by atoms with Gasteiger partial charge in [-0.2, -0.15) is 8.75 Å². The van der Waals surface area contributed by atoms with Gasteiger partial charge in [-0.1, -0.05) is 29.8 Å². The molecule has 0 atom stereocenters. The number of benzene rings is 2. The minimum Gasteiger partial charge on any atom is -0.478 e. The molecule has 0 amide bonds. The number of nitrogens with one attached hydrogen (secondary N) is 1. The van der Waals surface area contributed by atoms with Crippen LogP contribution < -0.4 is 5.32 Å². The molecule has 0 saturated carbocycles. The molecule has 0 radical (unpaired) electrons. The van der Waals surface area contributed by atoms with Gasteiger partial charge in [-0.15, -0.1) is 0 Å². The van der Waals surface area contributed by atoms with Gasteiger partial charge in [-0.25, -0.2) is 4.79 Å². The minimum absolute atomic E-state index is 0.292. The zero-order valence-corrected chi connectivity index (χ0v) is 13.3. The number of hydrogen-bond donors (Lipinski definition) is 2. The molecular formula is C17H15N3O2S. The van der Waals surface area contributed by atoms with Crippen LogP contribution in [0.4, 0.5) is 5.69 Å². The number of rotatable bonds is 5. The van der Waals surface area contributed by atoms with E-state index in [2.05, 4.69) is 14.1 Å². The Labute approximate surface area is 137 Å². The van der Waals surface area contributed by atoms with Crippen molar-refractivity contribution in [2.75, 3.05) is 11.9 Å². The average molecular weight is 325 g/mol. The van der Waals surface area contributed by atoms with E-state index >= 15 is 0 Å². The highest BCUT2D eigenvalue weighted by molar-refractivity contribution is 7.00. The molecule has 116 valence electrons. The van der Waals surface area contributed by atoms with Crippen molar-refractivity contribution in [1.29, 1.82) is 0 Å². The van der Waals surface area contributed by atoms with Gasteiger partial charge < -0.3 is 10.4 Å². The van der Waals surface area contributed by atoms with Gasteiger partial charge >= 0.3 is 5.97 Å². The van der Waals surface area contributed by atoms with Crippen LogP contribution in [-0.4, -0.2) is 26.4 Å². The van der Waals surface area contributed by atoms with E-state index in [1.807, 2.05) is 31.2 Å². The number of anilines is 1. The smallest absolute Gasteiger partial charge is 0.335 e. The number of aromatic carboxylic acids is 1. The van der Waals surface area contributed by atoms with Gasteiger partial charge in [0.15, 0.2) is 0 Å². The van der Waals surface area contributed by atoms with E-state index in [1.165, 1.54) is 11.7 Å². The standard InChI is InChI=1S/C17H15N3O2S/c1-11(9-12-5-7-13(8-6-12)17(21)22)10-18-14-3-2-4-15-16(14)20-23-19-15/h2-9,18H,10H2,1H3,(H,21,22). The summed E-state index contributed by atoms with van der Waals surface area (Å²) in [5, 5.41) is 12.3. The van der Waals surface area contributed by atoms with Crippen molar-refractivity contribution in [3.05, 3.63) is 59.2 Å². The second-order valence-corrected chi connectivity index (χ2v) is 5.74. The van der Waals surface area contributed by atoms with Crippen molar-refractivity contribution >= 4 is 40.5 Å². The Morgan fingerprint density at radius 1 is 1.22 bits per heavy atom. The summed E-state index contributed by atoms with van der Waals surface area (Å²) < 4.78 is 8.52. The van der Waals surface area contributed by atoms with E-state index in [9.17, 15) is 4.79 Å². The normalized spacial score (nSPS) is 11.6. The summed E-state index contributed by atoms with van der Waals surface area (Å²) in [5.74, 6) is -0.913. The Morgan fingerprint density at radius 3 is 2.74 bits per heavy atom. The first-order valence-corrected chi connectivity index (χ1v) is 7.82. The molecular weight excluding hydrogens is 310 g/mol. The van der Waals surface area contributed by atoms with Crippen LogP contribution in [0.15, 0.2) is 48.0 Å². The second kappa shape index (κ2) is 6.58. The molecule has 5 nitrogen and oxygen atoms in total. The van der Waals surface area contributed by atoms with E-state index < -0.39 is 5.97 Å². The van der Waals surface area contributed by atoms with Crippen LogP contribution in [0.2, 0.25) is 0 Å². The molecule has 0 bridgehead atoms. The first-order valence-electron chi connectivity index (χ1n) is 7.09. The predicted octanol–water partition coefficient (Wildman–Crippen LogP) is 3.90. The lowest BCUT2D eigenvalue weighted by Gasteiger charge is -2.07. The van der Waals surface area contributed by atoms with Crippen LogP contribution in [0.5, 0.6) is 0 Å². The summed E-state index contributed by atoms with van der Waals surface area (Å²) in [7, 11) is 0. The highest BCUT2D eigenvalue weighted by Crippen LogP contribution is 2.21. The highest BCUT2D eigenvalue weighted by atomic mass is 32.1. The fraction of sp³-hybridized carbons (Fsp3) is 0.118. The summed E-state index contributed by atoms with van der Waals surface area (Å²) in [4.78, 5) is 10.8. The lowest BCUT2D eigenvalue weighted by molar-refractivity contribution is 0.0697. The molecule has 1 heterocycles. The van der Waals surface area contributed by atoms with Gasteiger partial charge in [-0.3, -0.25) is 0 Å². The molecule has 1 aromatic heterocycles. The van der Waals surface area contributed by atoms with Crippen molar-refractivity contribution < 1.29 is 9.90 Å². The van der Waals surface area contributed by atoms with Crippen LogP contribution in [0.1, 0.15) is 22.8 Å². The summed E-state index contributed by atoms with van der Waals surface area (Å²) in [6.07, 6.45) is 2.03. The van der Waals surface area contributed by atoms with Gasteiger partial charge in [0.25, 0.3) is 0 Å². The molecule has 3 aromatic rings. The minimum atomic E-state index is -0.913. The summed E-state index contributed by atoms with van der Waals surface area (Å²) in [6.45, 7) is 2.70. The molecule has 23 heavy (non-hydrogen) atoms. The van der Waals surface area contributed by atoms with Gasteiger partial charge in [0.1, 0.15) is 11.0 Å². The van der Waals surface area contributed by atoms with Gasteiger partial charge in [-0.05, 0) is 36.8 Å². The summed E-state index contributed by atoms with van der Waals surface area (Å²) >= 11 is 1.20. The van der Waals surface area contributed by atoms with Crippen LogP contribution in [0.25, 0.3) is 17.1 Å². The molecule has 0 aliphatic carbocycles. The Bertz CT molecular complexity index is 869. The van der Waals surface area contributed by atoms with Crippen molar-refractivity contribution in [1.82, 2.24) is 8.75 Å². The number of carbonyl (C=O) groups is 1. The number of carboxylic acid groups (broad SMARTS) is 1. The predicted molar refractivity (Wildman–Crippen MR) is 93.0 cm³/mol. The van der Waals surface area contributed by atoms with E-state index in [1.54, 1.807) is 24.3 Å². The SMILES string of the molecule is CC(=Cc1ccc(C(=O)O)cc1)CNc1cccc2nsnc12. The maximum Gasteiger partial charge on any atom is 0.335 e. The lowest BCUT2D eigenvalue weighted by Crippen LogP contribution is -2.03. The monoisotopic (exact) mass is 325 g/mol. The molecule has 6 heteroatoms. The Kier molecular flexibility index (Phi) is 4.34. The van der Waals surface area contributed by atoms with Gasteiger partial charge in [0.05, 0.1) is 23.0 Å². The topological polar surface area (TPSA) is 75.1 Å². The second-order valence-electron chi connectivity index (χ2n) is 5.21. The van der Waals surface area contributed by atoms with Crippen LogP contribution in [0.3, 0.4) is 0 Å². The number of hydrogen-bond acceptors (Lipinski definition) is 5. The third-order valence-electron chi connectivity index (χ3n) is 3.41. The van der Waals surface area contributed by atoms with E-state index in [4.69, 9.17) is 5.11 Å². The van der Waals surface area contributed by atoms with E-state index in [0.29, 0.717) is 12.1 Å². The fourth-order valence-corrected chi connectivity index (χ4v) is 2.79. The third kappa shape index (κ3) is 3.54. The van der Waals surface area contributed by atoms with Gasteiger partial charge in [0, 0.05) is 6.54 Å². The van der Waals surface area contributed by atoms with Crippen molar-refractivity contribution in [2.45, 2.75) is 6.92 Å². The number of carboxylic acids is 1. The quantitative estimate of drug-likeness (QED) is 0.744. The highest BCUT2D eigenvalue weighted by Gasteiger charge is 2.04. The Hall–Kier alpha value is -2.73.